The average molecular weight is 314 g/mol. The van der Waals surface area contributed by atoms with E-state index >= 15 is 0 Å². The molecule has 6 heteroatoms. The Morgan fingerprint density at radius 2 is 2.33 bits per heavy atom. The summed E-state index contributed by atoms with van der Waals surface area (Å²) in [5.41, 5.74) is 1.41. The van der Waals surface area contributed by atoms with Gasteiger partial charge in [-0.15, -0.1) is 5.10 Å². The van der Waals surface area contributed by atoms with Crippen LogP contribution in [0.1, 0.15) is 19.3 Å². The van der Waals surface area contributed by atoms with Gasteiger partial charge in [0.2, 0.25) is 0 Å². The minimum Gasteiger partial charge on any atom is -0.376 e. The van der Waals surface area contributed by atoms with Crippen molar-refractivity contribution in [3.05, 3.63) is 22.4 Å². The lowest BCUT2D eigenvalue weighted by Gasteiger charge is -2.22. The molecular formula is C12H13BrFN3O. The summed E-state index contributed by atoms with van der Waals surface area (Å²) < 4.78 is 21.3. The fraction of sp³-hybridized carbons (Fsp3) is 0.500. The van der Waals surface area contributed by atoms with E-state index in [-0.39, 0.29) is 11.9 Å². The molecule has 4 nitrogen and oxygen atoms in total. The van der Waals surface area contributed by atoms with Gasteiger partial charge >= 0.3 is 0 Å². The first kappa shape index (κ1) is 12.0. The van der Waals surface area contributed by atoms with Gasteiger partial charge in [-0.05, 0) is 41.3 Å². The van der Waals surface area contributed by atoms with Gasteiger partial charge in [0.15, 0.2) is 0 Å². The normalized spacial score (nSPS) is 20.4. The van der Waals surface area contributed by atoms with Crippen molar-refractivity contribution in [2.24, 2.45) is 0 Å². The molecule has 0 spiro atoms. The van der Waals surface area contributed by atoms with E-state index < -0.39 is 0 Å². The van der Waals surface area contributed by atoms with Gasteiger partial charge in [0.25, 0.3) is 0 Å². The number of hydrogen-bond donors (Lipinski definition) is 0. The molecule has 18 heavy (non-hydrogen) atoms. The highest BCUT2D eigenvalue weighted by atomic mass is 79.9. The van der Waals surface area contributed by atoms with Gasteiger partial charge < -0.3 is 4.74 Å². The Balaban J connectivity index is 1.89. The minimum absolute atomic E-state index is 0.187. The predicted molar refractivity (Wildman–Crippen MR) is 68.8 cm³/mol. The number of benzene rings is 1. The molecule has 1 aromatic heterocycles. The SMILES string of the molecule is Fc1cc2nnn(CC3CCCCO3)c2cc1Br. The Kier molecular flexibility index (Phi) is 3.30. The van der Waals surface area contributed by atoms with Gasteiger partial charge in [-0.25, -0.2) is 9.07 Å². The molecule has 0 bridgehead atoms. The van der Waals surface area contributed by atoms with E-state index in [2.05, 4.69) is 26.2 Å². The van der Waals surface area contributed by atoms with Crippen molar-refractivity contribution in [2.75, 3.05) is 6.61 Å². The van der Waals surface area contributed by atoms with Crippen LogP contribution in [0.5, 0.6) is 0 Å². The highest BCUT2D eigenvalue weighted by Crippen LogP contribution is 2.23. The van der Waals surface area contributed by atoms with Crippen molar-refractivity contribution in [3.63, 3.8) is 0 Å². The first-order valence-corrected chi connectivity index (χ1v) is 6.83. The third kappa shape index (κ3) is 2.27. The van der Waals surface area contributed by atoms with E-state index in [9.17, 15) is 4.39 Å². The summed E-state index contributed by atoms with van der Waals surface area (Å²) in [6.45, 7) is 1.49. The number of aromatic nitrogens is 3. The predicted octanol–water partition coefficient (Wildman–Crippen LogP) is 2.90. The molecule has 1 atom stereocenters. The molecule has 1 saturated heterocycles. The van der Waals surface area contributed by atoms with Gasteiger partial charge in [0, 0.05) is 12.7 Å². The van der Waals surface area contributed by atoms with E-state index in [1.54, 1.807) is 10.7 Å². The van der Waals surface area contributed by atoms with Gasteiger partial charge in [-0.2, -0.15) is 0 Å². The molecule has 2 heterocycles. The lowest BCUT2D eigenvalue weighted by Crippen LogP contribution is -2.24. The van der Waals surface area contributed by atoms with Crippen LogP contribution in [0.25, 0.3) is 11.0 Å². The van der Waals surface area contributed by atoms with Crippen molar-refractivity contribution in [2.45, 2.75) is 31.9 Å². The Bertz CT molecular complexity index is 566. The standard InChI is InChI=1S/C12H13BrFN3O/c13-9-5-12-11(6-10(9)14)15-16-17(12)7-8-3-1-2-4-18-8/h5-6,8H,1-4,7H2. The summed E-state index contributed by atoms with van der Waals surface area (Å²) in [6, 6.07) is 3.11. The van der Waals surface area contributed by atoms with E-state index in [1.807, 2.05) is 0 Å². The average Bonchev–Trinajstić information content (AvgIpc) is 2.74. The second-order valence-corrected chi connectivity index (χ2v) is 5.37. The van der Waals surface area contributed by atoms with Crippen LogP contribution in [0.4, 0.5) is 4.39 Å². The molecule has 0 saturated carbocycles. The maximum absolute atomic E-state index is 13.4. The number of halogens is 2. The number of nitrogens with zero attached hydrogens (tertiary/aromatic N) is 3. The molecule has 0 N–H and O–H groups in total. The van der Waals surface area contributed by atoms with E-state index in [4.69, 9.17) is 4.74 Å². The number of fused-ring (bicyclic) bond motifs is 1. The van der Waals surface area contributed by atoms with Crippen LogP contribution in [0.15, 0.2) is 16.6 Å². The van der Waals surface area contributed by atoms with Crippen LogP contribution in [0.2, 0.25) is 0 Å². The highest BCUT2D eigenvalue weighted by molar-refractivity contribution is 9.10. The smallest absolute Gasteiger partial charge is 0.139 e. The van der Waals surface area contributed by atoms with Crippen LogP contribution in [0.3, 0.4) is 0 Å². The molecule has 2 aromatic rings. The van der Waals surface area contributed by atoms with Crippen molar-refractivity contribution in [1.82, 2.24) is 15.0 Å². The number of hydrogen-bond acceptors (Lipinski definition) is 3. The second kappa shape index (κ2) is 4.93. The van der Waals surface area contributed by atoms with E-state index in [0.717, 1.165) is 25.0 Å². The maximum atomic E-state index is 13.4. The highest BCUT2D eigenvalue weighted by Gasteiger charge is 2.17. The molecule has 1 unspecified atom stereocenters. The fourth-order valence-corrected chi connectivity index (χ4v) is 2.57. The number of rotatable bonds is 2. The third-order valence-corrected chi connectivity index (χ3v) is 3.81. The molecule has 1 aromatic carbocycles. The fourth-order valence-electron chi connectivity index (χ4n) is 2.24. The molecule has 1 aliphatic heterocycles. The zero-order valence-electron chi connectivity index (χ0n) is 9.77. The molecule has 3 rings (SSSR count). The van der Waals surface area contributed by atoms with Crippen LogP contribution < -0.4 is 0 Å². The van der Waals surface area contributed by atoms with E-state index in [1.165, 1.54) is 12.5 Å². The number of ether oxygens (including phenoxy) is 1. The minimum atomic E-state index is -0.316. The van der Waals surface area contributed by atoms with Crippen molar-refractivity contribution in [1.29, 1.82) is 0 Å². The van der Waals surface area contributed by atoms with Crippen molar-refractivity contribution in [3.8, 4) is 0 Å². The largest absolute Gasteiger partial charge is 0.376 e. The molecule has 1 aliphatic rings. The summed E-state index contributed by atoms with van der Waals surface area (Å²) in [7, 11) is 0. The van der Waals surface area contributed by atoms with Crippen LogP contribution >= 0.6 is 15.9 Å². The molecule has 96 valence electrons. The monoisotopic (exact) mass is 313 g/mol. The van der Waals surface area contributed by atoms with Crippen molar-refractivity contribution < 1.29 is 9.13 Å². The first-order chi connectivity index (χ1) is 8.74. The lowest BCUT2D eigenvalue weighted by atomic mass is 10.1. The second-order valence-electron chi connectivity index (χ2n) is 4.52. The van der Waals surface area contributed by atoms with Gasteiger partial charge in [-0.3, -0.25) is 0 Å². The summed E-state index contributed by atoms with van der Waals surface area (Å²) >= 11 is 3.19. The zero-order valence-corrected chi connectivity index (χ0v) is 11.4. The Morgan fingerprint density at radius 3 is 3.11 bits per heavy atom. The molecular weight excluding hydrogens is 301 g/mol. The van der Waals surface area contributed by atoms with Crippen LogP contribution in [-0.2, 0) is 11.3 Å². The molecule has 0 radical (unpaired) electrons. The summed E-state index contributed by atoms with van der Waals surface area (Å²) in [6.07, 6.45) is 3.55. The van der Waals surface area contributed by atoms with Gasteiger partial charge in [0.1, 0.15) is 11.3 Å². The molecule has 0 amide bonds. The molecule has 0 aliphatic carbocycles. The first-order valence-electron chi connectivity index (χ1n) is 6.04. The van der Waals surface area contributed by atoms with Gasteiger partial charge in [-0.1, -0.05) is 5.21 Å². The molecule has 1 fully saturated rings. The Labute approximate surface area is 112 Å². The summed E-state index contributed by atoms with van der Waals surface area (Å²) in [5.74, 6) is -0.316. The topological polar surface area (TPSA) is 39.9 Å². The summed E-state index contributed by atoms with van der Waals surface area (Å²) in [4.78, 5) is 0. The Hall–Kier alpha value is -1.01. The summed E-state index contributed by atoms with van der Waals surface area (Å²) in [5, 5.41) is 8.05. The third-order valence-electron chi connectivity index (χ3n) is 3.21. The lowest BCUT2D eigenvalue weighted by molar-refractivity contribution is 0.00443. The van der Waals surface area contributed by atoms with E-state index in [0.29, 0.717) is 16.5 Å². The zero-order chi connectivity index (χ0) is 12.5. The quantitative estimate of drug-likeness (QED) is 0.856. The van der Waals surface area contributed by atoms with Crippen LogP contribution in [-0.4, -0.2) is 27.7 Å². The van der Waals surface area contributed by atoms with Crippen molar-refractivity contribution >= 4 is 27.0 Å². The Morgan fingerprint density at radius 1 is 1.44 bits per heavy atom. The van der Waals surface area contributed by atoms with Gasteiger partial charge in [0.05, 0.1) is 22.6 Å². The van der Waals surface area contributed by atoms with Crippen LogP contribution in [0, 0.1) is 5.82 Å². The maximum Gasteiger partial charge on any atom is 0.139 e.